The molecule has 1 aromatic carbocycles. The molecule has 1 unspecified atom stereocenters. The fourth-order valence-electron chi connectivity index (χ4n) is 5.34. The van der Waals surface area contributed by atoms with Gasteiger partial charge in [-0.1, -0.05) is 24.3 Å². The molecular formula is C21H31ClN2O2. The Hall–Kier alpha value is -1.10. The fourth-order valence-corrected chi connectivity index (χ4v) is 5.34. The van der Waals surface area contributed by atoms with Gasteiger partial charge in [-0.3, -0.25) is 4.79 Å². The SMILES string of the molecule is Cl.NCC1(C(=O)N2CCCC3(CCCc4ccccc43)C2)CCOCC1. The van der Waals surface area contributed by atoms with Crippen LogP contribution in [0.25, 0.3) is 0 Å². The van der Waals surface area contributed by atoms with E-state index in [-0.39, 0.29) is 23.7 Å². The van der Waals surface area contributed by atoms with Gasteiger partial charge in [-0.05, 0) is 56.1 Å². The second kappa shape index (κ2) is 7.87. The third-order valence-electron chi connectivity index (χ3n) is 6.85. The molecule has 2 aliphatic heterocycles. The van der Waals surface area contributed by atoms with Crippen LogP contribution in [0, 0.1) is 5.41 Å². The van der Waals surface area contributed by atoms with Crippen LogP contribution in [0.1, 0.15) is 49.7 Å². The van der Waals surface area contributed by atoms with Crippen molar-refractivity contribution in [2.24, 2.45) is 11.1 Å². The lowest BCUT2D eigenvalue weighted by Crippen LogP contribution is -2.56. The van der Waals surface area contributed by atoms with Crippen molar-refractivity contribution < 1.29 is 9.53 Å². The first kappa shape index (κ1) is 19.7. The van der Waals surface area contributed by atoms with Crippen molar-refractivity contribution in [3.8, 4) is 0 Å². The second-order valence-corrected chi connectivity index (χ2v) is 8.22. The Balaban J connectivity index is 0.00000196. The Labute approximate surface area is 162 Å². The fraction of sp³-hybridized carbons (Fsp3) is 0.667. The van der Waals surface area contributed by atoms with Crippen LogP contribution < -0.4 is 5.73 Å². The van der Waals surface area contributed by atoms with Gasteiger partial charge in [0.1, 0.15) is 0 Å². The standard InChI is InChI=1S/C21H30N2O2.ClH/c22-15-20(10-13-25-14-11-20)19(24)23-12-4-9-21(16-23)8-3-6-17-5-1-2-7-18(17)21;/h1-2,5,7H,3-4,6,8-16,22H2;1H. The average Bonchev–Trinajstić information content (AvgIpc) is 2.68. The number of halogens is 1. The summed E-state index contributed by atoms with van der Waals surface area (Å²) in [6.45, 7) is 3.50. The summed E-state index contributed by atoms with van der Waals surface area (Å²) >= 11 is 0. The maximum Gasteiger partial charge on any atom is 0.230 e. The van der Waals surface area contributed by atoms with Crippen LogP contribution in [-0.2, 0) is 21.4 Å². The first-order valence-electron chi connectivity index (χ1n) is 9.85. The van der Waals surface area contributed by atoms with Gasteiger partial charge in [-0.2, -0.15) is 0 Å². The average molecular weight is 379 g/mol. The normalized spacial score (nSPS) is 27.5. The molecule has 3 aliphatic rings. The van der Waals surface area contributed by atoms with Crippen molar-refractivity contribution in [3.05, 3.63) is 35.4 Å². The molecule has 5 heteroatoms. The van der Waals surface area contributed by atoms with Gasteiger partial charge < -0.3 is 15.4 Å². The third-order valence-corrected chi connectivity index (χ3v) is 6.85. The van der Waals surface area contributed by atoms with Crippen LogP contribution in [0.4, 0.5) is 0 Å². The quantitative estimate of drug-likeness (QED) is 0.860. The van der Waals surface area contributed by atoms with Gasteiger partial charge in [0.05, 0.1) is 5.41 Å². The molecule has 4 nitrogen and oxygen atoms in total. The van der Waals surface area contributed by atoms with E-state index in [4.69, 9.17) is 10.5 Å². The number of hydrogen-bond acceptors (Lipinski definition) is 3. The highest BCUT2D eigenvalue weighted by Crippen LogP contribution is 2.44. The molecule has 2 fully saturated rings. The Morgan fingerprint density at radius 3 is 2.62 bits per heavy atom. The van der Waals surface area contributed by atoms with Gasteiger partial charge in [0.15, 0.2) is 0 Å². The van der Waals surface area contributed by atoms with Gasteiger partial charge in [-0.25, -0.2) is 0 Å². The number of nitrogens with zero attached hydrogens (tertiary/aromatic N) is 1. The Morgan fingerprint density at radius 2 is 1.85 bits per heavy atom. The zero-order valence-electron chi connectivity index (χ0n) is 15.5. The summed E-state index contributed by atoms with van der Waals surface area (Å²) < 4.78 is 5.49. The molecule has 0 radical (unpaired) electrons. The lowest BCUT2D eigenvalue weighted by atomic mass is 9.65. The van der Waals surface area contributed by atoms with Gasteiger partial charge >= 0.3 is 0 Å². The number of benzene rings is 1. The first-order valence-corrected chi connectivity index (χ1v) is 9.85. The third kappa shape index (κ3) is 3.28. The number of carbonyl (C=O) groups excluding carboxylic acids is 1. The predicted octanol–water partition coefficient (Wildman–Crippen LogP) is 3.06. The molecule has 1 amide bonds. The molecule has 0 aromatic heterocycles. The van der Waals surface area contributed by atoms with E-state index in [1.165, 1.54) is 36.8 Å². The van der Waals surface area contributed by atoms with E-state index in [1.54, 1.807) is 0 Å². The molecule has 1 aliphatic carbocycles. The van der Waals surface area contributed by atoms with Crippen LogP contribution in [0.15, 0.2) is 24.3 Å². The highest BCUT2D eigenvalue weighted by Gasteiger charge is 2.46. The molecule has 0 bridgehead atoms. The van der Waals surface area contributed by atoms with Crippen LogP contribution in [0.5, 0.6) is 0 Å². The number of carbonyl (C=O) groups is 1. The smallest absolute Gasteiger partial charge is 0.230 e. The van der Waals surface area contributed by atoms with E-state index in [0.717, 1.165) is 32.4 Å². The summed E-state index contributed by atoms with van der Waals surface area (Å²) in [5, 5.41) is 0. The largest absolute Gasteiger partial charge is 0.381 e. The molecule has 144 valence electrons. The molecule has 4 rings (SSSR count). The zero-order chi connectivity index (χ0) is 17.3. The minimum Gasteiger partial charge on any atom is -0.381 e. The number of fused-ring (bicyclic) bond motifs is 2. The van der Waals surface area contributed by atoms with E-state index in [1.807, 2.05) is 0 Å². The van der Waals surface area contributed by atoms with Gasteiger partial charge in [-0.15, -0.1) is 12.4 Å². The number of amides is 1. The maximum atomic E-state index is 13.4. The number of aryl methyl sites for hydroxylation is 1. The zero-order valence-corrected chi connectivity index (χ0v) is 16.4. The summed E-state index contributed by atoms with van der Waals surface area (Å²) in [4.78, 5) is 15.6. The lowest BCUT2D eigenvalue weighted by molar-refractivity contribution is -0.149. The van der Waals surface area contributed by atoms with Crippen LogP contribution in [-0.4, -0.2) is 43.7 Å². The predicted molar refractivity (Wildman–Crippen MR) is 106 cm³/mol. The van der Waals surface area contributed by atoms with Gasteiger partial charge in [0.2, 0.25) is 5.91 Å². The van der Waals surface area contributed by atoms with Crippen molar-refractivity contribution in [2.75, 3.05) is 32.8 Å². The van der Waals surface area contributed by atoms with Crippen LogP contribution in [0.3, 0.4) is 0 Å². The molecule has 2 heterocycles. The van der Waals surface area contributed by atoms with Crippen LogP contribution in [0.2, 0.25) is 0 Å². The Bertz CT molecular complexity index is 645. The summed E-state index contributed by atoms with van der Waals surface area (Å²) in [7, 11) is 0. The number of hydrogen-bond donors (Lipinski definition) is 1. The minimum absolute atomic E-state index is 0. The number of likely N-dealkylation sites (tertiary alicyclic amines) is 1. The highest BCUT2D eigenvalue weighted by atomic mass is 35.5. The summed E-state index contributed by atoms with van der Waals surface area (Å²) in [5.74, 6) is 0.278. The summed E-state index contributed by atoms with van der Waals surface area (Å²) in [5.41, 5.74) is 8.83. The van der Waals surface area contributed by atoms with E-state index in [2.05, 4.69) is 29.2 Å². The van der Waals surface area contributed by atoms with E-state index in [9.17, 15) is 4.79 Å². The monoisotopic (exact) mass is 378 g/mol. The van der Waals surface area contributed by atoms with E-state index >= 15 is 0 Å². The minimum atomic E-state index is -0.398. The summed E-state index contributed by atoms with van der Waals surface area (Å²) in [6.07, 6.45) is 7.44. The molecule has 2 saturated heterocycles. The first-order chi connectivity index (χ1) is 12.2. The highest BCUT2D eigenvalue weighted by molar-refractivity contribution is 5.85. The summed E-state index contributed by atoms with van der Waals surface area (Å²) in [6, 6.07) is 8.88. The maximum absolute atomic E-state index is 13.4. The Morgan fingerprint density at radius 1 is 1.12 bits per heavy atom. The molecular weight excluding hydrogens is 348 g/mol. The molecule has 26 heavy (non-hydrogen) atoms. The lowest BCUT2D eigenvalue weighted by Gasteiger charge is -2.49. The van der Waals surface area contributed by atoms with E-state index in [0.29, 0.717) is 19.8 Å². The van der Waals surface area contributed by atoms with Crippen molar-refractivity contribution in [1.29, 1.82) is 0 Å². The topological polar surface area (TPSA) is 55.6 Å². The van der Waals surface area contributed by atoms with Crippen LogP contribution >= 0.6 is 12.4 Å². The second-order valence-electron chi connectivity index (χ2n) is 8.22. The van der Waals surface area contributed by atoms with Crippen molar-refractivity contribution in [1.82, 2.24) is 4.90 Å². The van der Waals surface area contributed by atoms with Gasteiger partial charge in [0.25, 0.3) is 0 Å². The molecule has 1 atom stereocenters. The number of ether oxygens (including phenoxy) is 1. The van der Waals surface area contributed by atoms with Gasteiger partial charge in [0, 0.05) is 38.3 Å². The molecule has 1 aromatic rings. The molecule has 2 N–H and O–H groups in total. The number of nitrogens with two attached hydrogens (primary N) is 1. The molecule has 0 saturated carbocycles. The molecule has 1 spiro atoms. The van der Waals surface area contributed by atoms with E-state index < -0.39 is 5.41 Å². The van der Waals surface area contributed by atoms with Crippen molar-refractivity contribution >= 4 is 18.3 Å². The van der Waals surface area contributed by atoms with Crippen molar-refractivity contribution in [2.45, 2.75) is 50.4 Å². The van der Waals surface area contributed by atoms with Crippen molar-refractivity contribution in [3.63, 3.8) is 0 Å². The number of piperidine rings is 1. The number of rotatable bonds is 2. The Kier molecular flexibility index (Phi) is 5.95.